The molecular weight excluding hydrogens is 165 g/mol. The van der Waals surface area contributed by atoms with Crippen molar-refractivity contribution < 1.29 is 22.0 Å². The zero-order valence-corrected chi connectivity index (χ0v) is 8.04. The third-order valence-electron chi connectivity index (χ3n) is 0.827. The molecule has 1 aliphatic rings. The van der Waals surface area contributed by atoms with Crippen molar-refractivity contribution >= 4 is 9.69 Å². The first kappa shape index (κ1) is 7.87. The van der Waals surface area contributed by atoms with E-state index in [1.54, 1.807) is 0 Å². The predicted octanol–water partition coefficient (Wildman–Crippen LogP) is 1.48. The molecule has 3 heteroatoms. The molecule has 1 nitrogen and oxygen atoms in total. The van der Waals surface area contributed by atoms with Crippen LogP contribution in [0.3, 0.4) is 0 Å². The van der Waals surface area contributed by atoms with Gasteiger partial charge in [0.15, 0.2) is 0 Å². The van der Waals surface area contributed by atoms with Gasteiger partial charge in [-0.05, 0) is 12.8 Å². The SMILES string of the molecule is C1CCOC1.[Cl][Zn]. The molecule has 1 fully saturated rings. The molecule has 0 atom stereocenters. The Morgan fingerprint density at radius 3 is 1.71 bits per heavy atom. The van der Waals surface area contributed by atoms with E-state index < -0.39 is 0 Å². The maximum absolute atomic E-state index is 4.94. The second-order valence-corrected chi connectivity index (χ2v) is 1.32. The van der Waals surface area contributed by atoms with E-state index in [0.717, 1.165) is 30.5 Å². The van der Waals surface area contributed by atoms with E-state index in [4.69, 9.17) is 14.4 Å². The average molecular weight is 173 g/mol. The third kappa shape index (κ3) is 4.73. The number of rotatable bonds is 0. The van der Waals surface area contributed by atoms with Gasteiger partial charge in [-0.2, -0.15) is 0 Å². The van der Waals surface area contributed by atoms with Gasteiger partial charge in [-0.1, -0.05) is 0 Å². The monoisotopic (exact) mass is 171 g/mol. The van der Waals surface area contributed by atoms with E-state index in [-0.39, 0.29) is 0 Å². The predicted molar refractivity (Wildman–Crippen MR) is 25.9 cm³/mol. The normalized spacial score (nSPS) is 18.1. The van der Waals surface area contributed by atoms with Crippen LogP contribution in [-0.2, 0) is 22.0 Å². The molecule has 0 amide bonds. The first-order chi connectivity index (χ1) is 3.50. The molecule has 0 aromatic rings. The minimum atomic E-state index is 0.847. The summed E-state index contributed by atoms with van der Waals surface area (Å²) in [5.41, 5.74) is 0. The summed E-state index contributed by atoms with van der Waals surface area (Å²) in [4.78, 5) is 0. The van der Waals surface area contributed by atoms with Crippen molar-refractivity contribution in [3.8, 4) is 0 Å². The van der Waals surface area contributed by atoms with Crippen LogP contribution in [-0.4, -0.2) is 13.2 Å². The summed E-state index contributed by atoms with van der Waals surface area (Å²) in [5.74, 6) is 0. The van der Waals surface area contributed by atoms with Crippen molar-refractivity contribution in [3.63, 3.8) is 0 Å². The fourth-order valence-corrected chi connectivity index (χ4v) is 0.510. The average Bonchev–Trinajstić information content (AvgIpc) is 2.23. The van der Waals surface area contributed by atoms with Crippen LogP contribution in [0.4, 0.5) is 0 Å². The Kier molecular flexibility index (Phi) is 7.73. The Hall–Kier alpha value is 0.873. The Balaban J connectivity index is 0.000000162. The molecule has 0 saturated carbocycles. The first-order valence-electron chi connectivity index (χ1n) is 2.34. The maximum atomic E-state index is 4.94. The van der Waals surface area contributed by atoms with E-state index in [9.17, 15) is 0 Å². The van der Waals surface area contributed by atoms with Crippen molar-refractivity contribution in [2.75, 3.05) is 13.2 Å². The van der Waals surface area contributed by atoms with Crippen molar-refractivity contribution in [2.45, 2.75) is 12.8 Å². The van der Waals surface area contributed by atoms with Gasteiger partial charge in [-0.3, -0.25) is 0 Å². The molecule has 1 aliphatic heterocycles. The van der Waals surface area contributed by atoms with Crippen molar-refractivity contribution in [3.05, 3.63) is 0 Å². The van der Waals surface area contributed by atoms with Gasteiger partial charge in [0.05, 0.1) is 0 Å². The fraction of sp³-hybridized carbons (Fsp3) is 1.00. The molecule has 0 aliphatic carbocycles. The molecule has 1 heterocycles. The Bertz CT molecular complexity index is 23.3. The molecule has 1 rings (SSSR count). The quantitative estimate of drug-likeness (QED) is 0.504. The van der Waals surface area contributed by atoms with Gasteiger partial charge < -0.3 is 4.74 Å². The van der Waals surface area contributed by atoms with Gasteiger partial charge in [0.25, 0.3) is 0 Å². The summed E-state index contributed by atoms with van der Waals surface area (Å²) in [5, 5.41) is 0. The van der Waals surface area contributed by atoms with E-state index in [1.165, 1.54) is 12.8 Å². The minimum absolute atomic E-state index is 0.847. The topological polar surface area (TPSA) is 9.23 Å². The van der Waals surface area contributed by atoms with Gasteiger partial charge in [-0.25, -0.2) is 0 Å². The van der Waals surface area contributed by atoms with Crippen LogP contribution in [0.15, 0.2) is 0 Å². The Morgan fingerprint density at radius 1 is 1.14 bits per heavy atom. The Morgan fingerprint density at radius 2 is 1.57 bits per heavy atom. The van der Waals surface area contributed by atoms with Crippen LogP contribution in [0.25, 0.3) is 0 Å². The molecule has 0 aromatic heterocycles. The molecule has 0 radical (unpaired) electrons. The van der Waals surface area contributed by atoms with Crippen LogP contribution in [0.2, 0.25) is 0 Å². The standard InChI is InChI=1S/C4H8O.ClH.Zn/c1-2-4-5-3-1;;/h1-4H2;1H;/q;;+1/p-1. The van der Waals surface area contributed by atoms with E-state index in [2.05, 4.69) is 0 Å². The second-order valence-electron chi connectivity index (χ2n) is 1.32. The zero-order valence-electron chi connectivity index (χ0n) is 4.32. The van der Waals surface area contributed by atoms with E-state index in [1.807, 2.05) is 0 Å². The van der Waals surface area contributed by atoms with Gasteiger partial charge in [-0.15, -0.1) is 0 Å². The van der Waals surface area contributed by atoms with Gasteiger partial charge in [0, 0.05) is 13.2 Å². The van der Waals surface area contributed by atoms with Crippen molar-refractivity contribution in [2.24, 2.45) is 0 Å². The summed E-state index contributed by atoms with van der Waals surface area (Å²) in [6, 6.07) is 0. The summed E-state index contributed by atoms with van der Waals surface area (Å²) >= 11 is 0.847. The van der Waals surface area contributed by atoms with E-state index in [0.29, 0.717) is 0 Å². The Labute approximate surface area is 58.1 Å². The van der Waals surface area contributed by atoms with E-state index >= 15 is 0 Å². The summed E-state index contributed by atoms with van der Waals surface area (Å²) in [6.45, 7) is 2.00. The summed E-state index contributed by atoms with van der Waals surface area (Å²) in [7, 11) is 4.76. The molecular formula is C4H8ClOZn. The summed E-state index contributed by atoms with van der Waals surface area (Å²) in [6.07, 6.45) is 2.56. The van der Waals surface area contributed by atoms with Crippen molar-refractivity contribution in [1.82, 2.24) is 0 Å². The molecule has 0 spiro atoms. The molecule has 7 heavy (non-hydrogen) atoms. The van der Waals surface area contributed by atoms with Crippen molar-refractivity contribution in [1.29, 1.82) is 0 Å². The number of hydrogen-bond acceptors (Lipinski definition) is 1. The van der Waals surface area contributed by atoms with Gasteiger partial charge >= 0.3 is 27.0 Å². The number of ether oxygens (including phenoxy) is 1. The van der Waals surface area contributed by atoms with Gasteiger partial charge in [0.2, 0.25) is 0 Å². The molecule has 39 valence electrons. The molecule has 0 N–H and O–H groups in total. The first-order valence-corrected chi connectivity index (χ1v) is 6.24. The second kappa shape index (κ2) is 6.87. The van der Waals surface area contributed by atoms with Crippen LogP contribution < -0.4 is 0 Å². The molecule has 0 bridgehead atoms. The molecule has 0 aromatic carbocycles. The number of halogens is 1. The van der Waals surface area contributed by atoms with Crippen LogP contribution in [0, 0.1) is 0 Å². The van der Waals surface area contributed by atoms with Gasteiger partial charge in [0.1, 0.15) is 0 Å². The number of hydrogen-bond donors (Lipinski definition) is 0. The third-order valence-corrected chi connectivity index (χ3v) is 0.827. The van der Waals surface area contributed by atoms with Crippen LogP contribution >= 0.6 is 9.69 Å². The van der Waals surface area contributed by atoms with Crippen LogP contribution in [0.5, 0.6) is 0 Å². The zero-order chi connectivity index (χ0) is 5.54. The van der Waals surface area contributed by atoms with Crippen LogP contribution in [0.1, 0.15) is 12.8 Å². The molecule has 0 unspecified atom stereocenters. The fourth-order valence-electron chi connectivity index (χ4n) is 0.510. The summed E-state index contributed by atoms with van der Waals surface area (Å²) < 4.78 is 4.94. The molecule has 1 saturated heterocycles.